The number of rotatable bonds is 9. The van der Waals surface area contributed by atoms with Crippen molar-refractivity contribution in [2.75, 3.05) is 17.2 Å². The zero-order valence-corrected chi connectivity index (χ0v) is 16.2. The maximum absolute atomic E-state index is 4.55. The molecule has 4 rings (SSSR count). The first kappa shape index (κ1) is 17.3. The molecule has 0 saturated heterocycles. The van der Waals surface area contributed by atoms with Crippen LogP contribution in [0.5, 0.6) is 0 Å². The molecule has 0 atom stereocenters. The van der Waals surface area contributed by atoms with Gasteiger partial charge in [-0.3, -0.25) is 5.10 Å². The second-order valence-corrected chi connectivity index (χ2v) is 8.14. The van der Waals surface area contributed by atoms with Gasteiger partial charge in [0.05, 0.1) is 0 Å². The minimum absolute atomic E-state index is 0.515. The lowest BCUT2D eigenvalue weighted by Gasteiger charge is -2.08. The molecule has 0 aliphatic heterocycles. The summed E-state index contributed by atoms with van der Waals surface area (Å²) >= 11 is 3.35. The molecule has 3 N–H and O–H groups in total. The van der Waals surface area contributed by atoms with Gasteiger partial charge >= 0.3 is 0 Å². The Hall–Kier alpha value is -2.13. The summed E-state index contributed by atoms with van der Waals surface area (Å²) in [5.74, 6) is 3.34. The molecule has 0 amide bonds. The zero-order valence-electron chi connectivity index (χ0n) is 14.5. The Morgan fingerprint density at radius 3 is 2.92 bits per heavy atom. The number of nitrogens with one attached hydrogen (secondary N) is 3. The summed E-state index contributed by atoms with van der Waals surface area (Å²) < 4.78 is 0. The Bertz CT molecular complexity index is 843. The highest BCUT2D eigenvalue weighted by Crippen LogP contribution is 2.39. The third kappa shape index (κ3) is 4.53. The SMILES string of the molecule is CCCNc1nc(Nc2cc(C3CC3)[nH]n2)nc(SCc2cccs2)n1. The molecule has 136 valence electrons. The number of nitrogens with zero attached hydrogens (tertiary/aromatic N) is 4. The average molecular weight is 388 g/mol. The first-order valence-corrected chi connectivity index (χ1v) is 10.6. The minimum atomic E-state index is 0.515. The second-order valence-electron chi connectivity index (χ2n) is 6.17. The predicted octanol–water partition coefficient (Wildman–Crippen LogP) is 4.39. The highest BCUT2D eigenvalue weighted by Gasteiger charge is 2.25. The smallest absolute Gasteiger partial charge is 0.234 e. The van der Waals surface area contributed by atoms with Crippen LogP contribution in [0.15, 0.2) is 28.7 Å². The molecule has 1 aliphatic carbocycles. The van der Waals surface area contributed by atoms with Crippen LogP contribution in [0.25, 0.3) is 0 Å². The fourth-order valence-electron chi connectivity index (χ4n) is 2.44. The number of thiophene rings is 1. The highest BCUT2D eigenvalue weighted by atomic mass is 32.2. The van der Waals surface area contributed by atoms with Gasteiger partial charge in [0, 0.05) is 34.9 Å². The van der Waals surface area contributed by atoms with Crippen LogP contribution in [-0.2, 0) is 5.75 Å². The highest BCUT2D eigenvalue weighted by molar-refractivity contribution is 7.98. The Kier molecular flexibility index (Phi) is 5.35. The maximum Gasteiger partial charge on any atom is 0.234 e. The lowest BCUT2D eigenvalue weighted by Crippen LogP contribution is -2.08. The normalized spacial score (nSPS) is 13.7. The maximum atomic E-state index is 4.55. The number of hydrogen-bond donors (Lipinski definition) is 3. The summed E-state index contributed by atoms with van der Waals surface area (Å²) in [6, 6.07) is 6.22. The van der Waals surface area contributed by atoms with Gasteiger partial charge in [0.1, 0.15) is 0 Å². The van der Waals surface area contributed by atoms with E-state index in [9.17, 15) is 0 Å². The van der Waals surface area contributed by atoms with Gasteiger partial charge in [-0.1, -0.05) is 24.8 Å². The van der Waals surface area contributed by atoms with E-state index in [0.717, 1.165) is 24.5 Å². The van der Waals surface area contributed by atoms with Crippen molar-refractivity contribution in [3.63, 3.8) is 0 Å². The Morgan fingerprint density at radius 2 is 2.15 bits per heavy atom. The number of aromatic amines is 1. The Labute approximate surface area is 160 Å². The van der Waals surface area contributed by atoms with E-state index in [1.165, 1.54) is 23.4 Å². The summed E-state index contributed by atoms with van der Waals surface area (Å²) in [7, 11) is 0. The van der Waals surface area contributed by atoms with E-state index in [2.05, 4.69) is 60.2 Å². The first-order chi connectivity index (χ1) is 12.8. The molecule has 0 aromatic carbocycles. The molecule has 3 heterocycles. The summed E-state index contributed by atoms with van der Waals surface area (Å²) in [6.45, 7) is 2.94. The fraction of sp³-hybridized carbons (Fsp3) is 0.412. The first-order valence-electron chi connectivity index (χ1n) is 8.77. The molecule has 3 aromatic heterocycles. The second kappa shape index (κ2) is 8.05. The van der Waals surface area contributed by atoms with Gasteiger partial charge < -0.3 is 10.6 Å². The van der Waals surface area contributed by atoms with Gasteiger partial charge in [0.25, 0.3) is 0 Å². The average Bonchev–Trinajstić information content (AvgIpc) is 3.16. The van der Waals surface area contributed by atoms with E-state index in [-0.39, 0.29) is 0 Å². The summed E-state index contributed by atoms with van der Waals surface area (Å²) in [6.07, 6.45) is 3.49. The van der Waals surface area contributed by atoms with Crippen LogP contribution < -0.4 is 10.6 Å². The number of aromatic nitrogens is 5. The van der Waals surface area contributed by atoms with Crippen LogP contribution in [0, 0.1) is 0 Å². The molecule has 0 radical (unpaired) electrons. The molecule has 1 fully saturated rings. The molecule has 0 bridgehead atoms. The van der Waals surface area contributed by atoms with Crippen LogP contribution in [-0.4, -0.2) is 31.7 Å². The van der Waals surface area contributed by atoms with Gasteiger partial charge in [0.2, 0.25) is 11.9 Å². The van der Waals surface area contributed by atoms with Crippen LogP contribution in [0.3, 0.4) is 0 Å². The number of H-pyrrole nitrogens is 1. The summed E-state index contributed by atoms with van der Waals surface area (Å²) in [5, 5.41) is 16.6. The van der Waals surface area contributed by atoms with Crippen LogP contribution in [0.1, 0.15) is 42.7 Å². The van der Waals surface area contributed by atoms with Crippen molar-refractivity contribution in [2.45, 2.75) is 43.0 Å². The van der Waals surface area contributed by atoms with Crippen molar-refractivity contribution in [3.05, 3.63) is 34.2 Å². The van der Waals surface area contributed by atoms with E-state index in [4.69, 9.17) is 0 Å². The topological polar surface area (TPSA) is 91.4 Å². The van der Waals surface area contributed by atoms with Gasteiger partial charge in [-0.05, 0) is 30.7 Å². The van der Waals surface area contributed by atoms with Crippen molar-refractivity contribution in [2.24, 2.45) is 0 Å². The molecule has 1 saturated carbocycles. The van der Waals surface area contributed by atoms with Crippen LogP contribution in [0.4, 0.5) is 17.7 Å². The van der Waals surface area contributed by atoms with Gasteiger partial charge in [-0.15, -0.1) is 11.3 Å². The van der Waals surface area contributed by atoms with Gasteiger partial charge in [-0.25, -0.2) is 0 Å². The van der Waals surface area contributed by atoms with Crippen molar-refractivity contribution in [3.8, 4) is 0 Å². The molecule has 3 aromatic rings. The number of thioether (sulfide) groups is 1. The molecular weight excluding hydrogens is 366 g/mol. The Morgan fingerprint density at radius 1 is 1.27 bits per heavy atom. The van der Waals surface area contributed by atoms with E-state index in [1.807, 2.05) is 6.07 Å². The molecular formula is C17H21N7S2. The third-order valence-corrected chi connectivity index (χ3v) is 5.88. The molecule has 1 aliphatic rings. The summed E-state index contributed by atoms with van der Waals surface area (Å²) in [5.41, 5.74) is 1.18. The molecule has 0 spiro atoms. The van der Waals surface area contributed by atoms with E-state index in [0.29, 0.717) is 23.0 Å². The lowest BCUT2D eigenvalue weighted by molar-refractivity contribution is 0.882. The van der Waals surface area contributed by atoms with Crippen LogP contribution >= 0.6 is 23.1 Å². The van der Waals surface area contributed by atoms with E-state index in [1.54, 1.807) is 23.1 Å². The summed E-state index contributed by atoms with van der Waals surface area (Å²) in [4.78, 5) is 14.8. The largest absolute Gasteiger partial charge is 0.354 e. The van der Waals surface area contributed by atoms with Crippen molar-refractivity contribution >= 4 is 40.8 Å². The predicted molar refractivity (Wildman–Crippen MR) is 106 cm³/mol. The lowest BCUT2D eigenvalue weighted by atomic mass is 10.3. The van der Waals surface area contributed by atoms with E-state index >= 15 is 0 Å². The van der Waals surface area contributed by atoms with Gasteiger partial charge in [-0.2, -0.15) is 20.1 Å². The van der Waals surface area contributed by atoms with Crippen molar-refractivity contribution < 1.29 is 0 Å². The Balaban J connectivity index is 1.49. The van der Waals surface area contributed by atoms with E-state index < -0.39 is 0 Å². The van der Waals surface area contributed by atoms with Crippen molar-refractivity contribution in [1.29, 1.82) is 0 Å². The molecule has 26 heavy (non-hydrogen) atoms. The van der Waals surface area contributed by atoms with Crippen LogP contribution in [0.2, 0.25) is 0 Å². The molecule has 7 nitrogen and oxygen atoms in total. The number of anilines is 3. The fourth-order valence-corrected chi connectivity index (χ4v) is 4.05. The third-order valence-electron chi connectivity index (χ3n) is 3.93. The minimum Gasteiger partial charge on any atom is -0.354 e. The van der Waals surface area contributed by atoms with Crippen molar-refractivity contribution in [1.82, 2.24) is 25.1 Å². The standard InChI is InChI=1S/C17H21N7S2/c1-2-7-18-15-20-16(19-14-9-13(23-24-14)11-5-6-11)22-17(21-15)26-10-12-4-3-8-25-12/h3-4,8-9,11H,2,5-7,10H2,1H3,(H3,18,19,20,21,22,23,24). The zero-order chi connectivity index (χ0) is 17.8. The van der Waals surface area contributed by atoms with Gasteiger partial charge in [0.15, 0.2) is 11.0 Å². The molecule has 0 unspecified atom stereocenters. The number of hydrogen-bond acceptors (Lipinski definition) is 8. The quantitative estimate of drug-likeness (QED) is 0.469. The monoisotopic (exact) mass is 387 g/mol. The molecule has 9 heteroatoms.